The molecule has 0 bridgehead atoms. The molecule has 0 aromatic heterocycles. The maximum Gasteiger partial charge on any atom is 0.124 e. The van der Waals surface area contributed by atoms with Crippen molar-refractivity contribution in [2.24, 2.45) is 22.9 Å². The molecule has 0 amide bonds. The number of nitrogen functional groups attached to an aromatic ring is 4. The van der Waals surface area contributed by atoms with E-state index in [1.165, 1.54) is 0 Å². The Labute approximate surface area is 333 Å². The summed E-state index contributed by atoms with van der Waals surface area (Å²) in [4.78, 5) is 3.89. The zero-order chi connectivity index (χ0) is 39.9. The molecular formula is C42H46Br2N10. The van der Waals surface area contributed by atoms with Crippen molar-refractivity contribution in [2.45, 2.75) is 52.4 Å². The quantitative estimate of drug-likeness (QED) is 0.0507. The van der Waals surface area contributed by atoms with Crippen LogP contribution in [-0.2, 0) is 10.8 Å². The molecule has 0 unspecified atom stereocenters. The molecule has 0 saturated carbocycles. The van der Waals surface area contributed by atoms with Gasteiger partial charge in [-0.05, 0) is 119 Å². The minimum absolute atomic E-state index is 0.161. The van der Waals surface area contributed by atoms with Gasteiger partial charge in [0.2, 0.25) is 0 Å². The van der Waals surface area contributed by atoms with Crippen LogP contribution in [0, 0.1) is 21.6 Å². The largest absolute Gasteiger partial charge is 0.384 e. The fourth-order valence-corrected chi connectivity index (χ4v) is 6.71. The monoisotopic (exact) mass is 848 g/mol. The van der Waals surface area contributed by atoms with E-state index in [1.807, 2.05) is 107 Å². The number of hydrogen-bond acceptors (Lipinski definition) is 6. The average Bonchev–Trinajstić information content (AvgIpc) is 3.09. The second-order valence-corrected chi connectivity index (χ2v) is 17.0. The molecule has 0 radical (unpaired) electrons. The summed E-state index contributed by atoms with van der Waals surface area (Å²) in [6.07, 6.45) is 0. The number of halogens is 2. The van der Waals surface area contributed by atoms with Crippen LogP contribution in [0.25, 0.3) is 0 Å². The molecule has 278 valence electrons. The van der Waals surface area contributed by atoms with Gasteiger partial charge in [0, 0.05) is 53.9 Å². The number of nitrogens with two attached hydrogens (primary N) is 4. The fourth-order valence-electron chi connectivity index (χ4n) is 6.18. The molecule has 0 aliphatic heterocycles. The highest BCUT2D eigenvalue weighted by Crippen LogP contribution is 2.45. The standard InChI is InChI=1S/C42H46Br2N10/c1-41(2,3)23-19-31(37(45)46)35(32(20-23)38(47)48)53(27-11-7-25(43)8-12-27)29-15-17-30(18-16-29)54(28-13-9-26(44)10-14-28)36-33(39(49)50)21-24(42(4,5)6)22-34(36)40(51)52/h7-22H,1-6H3,(H3,45,46)(H3,47,48)(H3,49,50)(H3,51,52). The number of rotatable bonds is 10. The normalized spacial score (nSPS) is 11.6. The zero-order valence-corrected chi connectivity index (χ0v) is 34.4. The highest BCUT2D eigenvalue weighted by Gasteiger charge is 2.29. The summed E-state index contributed by atoms with van der Waals surface area (Å²) in [6, 6.07) is 30.7. The molecule has 12 heteroatoms. The Morgan fingerprint density at radius 2 is 0.630 bits per heavy atom. The Balaban J connectivity index is 1.82. The maximum atomic E-state index is 8.69. The van der Waals surface area contributed by atoms with E-state index >= 15 is 0 Å². The molecule has 0 spiro atoms. The van der Waals surface area contributed by atoms with E-state index in [1.54, 1.807) is 0 Å². The molecule has 5 aromatic rings. The van der Waals surface area contributed by atoms with Crippen molar-refractivity contribution < 1.29 is 0 Å². The van der Waals surface area contributed by atoms with E-state index in [0.717, 1.165) is 31.4 Å². The first-order valence-electron chi connectivity index (χ1n) is 17.1. The average molecular weight is 851 g/mol. The smallest absolute Gasteiger partial charge is 0.124 e. The molecule has 12 N–H and O–H groups in total. The first-order valence-corrected chi connectivity index (χ1v) is 18.7. The Morgan fingerprint density at radius 3 is 0.815 bits per heavy atom. The van der Waals surface area contributed by atoms with E-state index in [9.17, 15) is 0 Å². The number of amidine groups is 4. The van der Waals surface area contributed by atoms with Crippen molar-refractivity contribution in [1.29, 1.82) is 21.6 Å². The van der Waals surface area contributed by atoms with Crippen molar-refractivity contribution in [2.75, 3.05) is 9.80 Å². The minimum atomic E-state index is -0.309. The molecule has 5 aromatic carbocycles. The first kappa shape index (κ1) is 39.7. The minimum Gasteiger partial charge on any atom is -0.384 e. The van der Waals surface area contributed by atoms with Gasteiger partial charge in [0.15, 0.2) is 0 Å². The van der Waals surface area contributed by atoms with Crippen LogP contribution in [0.4, 0.5) is 34.1 Å². The Hall–Kier alpha value is -5.46. The molecular weight excluding hydrogens is 804 g/mol. The van der Waals surface area contributed by atoms with Crippen LogP contribution < -0.4 is 32.7 Å². The van der Waals surface area contributed by atoms with E-state index in [-0.39, 0.29) is 34.2 Å². The third kappa shape index (κ3) is 8.19. The van der Waals surface area contributed by atoms with E-state index in [2.05, 4.69) is 73.4 Å². The third-order valence-electron chi connectivity index (χ3n) is 9.10. The second-order valence-electron chi connectivity index (χ2n) is 15.1. The van der Waals surface area contributed by atoms with Crippen LogP contribution in [0.5, 0.6) is 0 Å². The Morgan fingerprint density at radius 1 is 0.426 bits per heavy atom. The van der Waals surface area contributed by atoms with Gasteiger partial charge in [-0.25, -0.2) is 0 Å². The summed E-state index contributed by atoms with van der Waals surface area (Å²) in [5.41, 5.74) is 32.0. The highest BCUT2D eigenvalue weighted by molar-refractivity contribution is 9.10. The van der Waals surface area contributed by atoms with Gasteiger partial charge in [0.05, 0.1) is 11.4 Å². The summed E-state index contributed by atoms with van der Waals surface area (Å²) >= 11 is 7.10. The Bertz CT molecular complexity index is 2030. The fraction of sp³-hybridized carbons (Fsp3) is 0.190. The van der Waals surface area contributed by atoms with Crippen LogP contribution in [0.15, 0.2) is 106 Å². The van der Waals surface area contributed by atoms with Gasteiger partial charge in [-0.3, -0.25) is 21.6 Å². The molecule has 0 aliphatic rings. The summed E-state index contributed by atoms with van der Waals surface area (Å²) < 4.78 is 1.77. The molecule has 54 heavy (non-hydrogen) atoms. The molecule has 5 rings (SSSR count). The summed E-state index contributed by atoms with van der Waals surface area (Å²) in [6.45, 7) is 12.4. The van der Waals surface area contributed by atoms with Crippen LogP contribution >= 0.6 is 31.9 Å². The highest BCUT2D eigenvalue weighted by atomic mass is 79.9. The predicted octanol–water partition coefficient (Wildman–Crippen LogP) is 9.88. The zero-order valence-electron chi connectivity index (χ0n) is 31.2. The number of anilines is 6. The van der Waals surface area contributed by atoms with Crippen LogP contribution in [0.3, 0.4) is 0 Å². The van der Waals surface area contributed by atoms with Crippen molar-refractivity contribution in [3.8, 4) is 0 Å². The van der Waals surface area contributed by atoms with Gasteiger partial charge in [0.25, 0.3) is 0 Å². The third-order valence-corrected chi connectivity index (χ3v) is 10.2. The lowest BCUT2D eigenvalue weighted by atomic mass is 9.83. The van der Waals surface area contributed by atoms with Gasteiger partial charge >= 0.3 is 0 Å². The first-order chi connectivity index (χ1) is 25.2. The maximum absolute atomic E-state index is 8.69. The second kappa shape index (κ2) is 15.1. The van der Waals surface area contributed by atoms with E-state index in [0.29, 0.717) is 45.0 Å². The molecule has 0 heterocycles. The van der Waals surface area contributed by atoms with Gasteiger partial charge in [-0.15, -0.1) is 0 Å². The summed E-state index contributed by atoms with van der Waals surface area (Å²) in [5, 5.41) is 34.8. The number of nitrogens with zero attached hydrogens (tertiary/aromatic N) is 2. The summed E-state index contributed by atoms with van der Waals surface area (Å²) in [5.74, 6) is -0.645. The van der Waals surface area contributed by atoms with E-state index < -0.39 is 0 Å². The lowest BCUT2D eigenvalue weighted by molar-refractivity contribution is 0.589. The van der Waals surface area contributed by atoms with Crippen molar-refractivity contribution in [3.05, 3.63) is 139 Å². The lowest BCUT2D eigenvalue weighted by Crippen LogP contribution is -2.26. The van der Waals surface area contributed by atoms with Crippen LogP contribution in [0.2, 0.25) is 0 Å². The van der Waals surface area contributed by atoms with Crippen LogP contribution in [0.1, 0.15) is 74.9 Å². The van der Waals surface area contributed by atoms with Gasteiger partial charge in [0.1, 0.15) is 23.3 Å². The molecule has 0 saturated heterocycles. The lowest BCUT2D eigenvalue weighted by Gasteiger charge is -2.33. The van der Waals surface area contributed by atoms with E-state index in [4.69, 9.17) is 44.6 Å². The van der Waals surface area contributed by atoms with Crippen molar-refractivity contribution >= 4 is 89.3 Å². The molecule has 0 atom stereocenters. The summed E-state index contributed by atoms with van der Waals surface area (Å²) in [7, 11) is 0. The molecule has 0 fully saturated rings. The topological polar surface area (TPSA) is 206 Å². The number of hydrogen-bond donors (Lipinski definition) is 8. The van der Waals surface area contributed by atoms with Crippen molar-refractivity contribution in [3.63, 3.8) is 0 Å². The van der Waals surface area contributed by atoms with Gasteiger partial charge < -0.3 is 32.7 Å². The number of nitrogens with one attached hydrogen (secondary N) is 4. The molecule has 0 aliphatic carbocycles. The predicted molar refractivity (Wildman–Crippen MR) is 233 cm³/mol. The Kier molecular flexibility index (Phi) is 11.1. The SMILES string of the molecule is CC(C)(C)c1cc(C(=N)N)c(N(c2ccc(Br)cc2)c2ccc(N(c3ccc(Br)cc3)c3c(C(=N)N)cc(C(C)(C)C)cc3C(=N)N)cc2)c(C(=N)N)c1. The number of benzene rings is 5. The van der Waals surface area contributed by atoms with Gasteiger partial charge in [-0.1, -0.05) is 73.4 Å². The van der Waals surface area contributed by atoms with Crippen molar-refractivity contribution in [1.82, 2.24) is 0 Å². The van der Waals surface area contributed by atoms with Gasteiger partial charge in [-0.2, -0.15) is 0 Å². The molecule has 10 nitrogen and oxygen atoms in total. The van der Waals surface area contributed by atoms with Crippen LogP contribution in [-0.4, -0.2) is 23.3 Å².